The Labute approximate surface area is 238 Å². The fraction of sp³-hybridized carbons (Fsp3) is 0.414. The van der Waals surface area contributed by atoms with Gasteiger partial charge in [0.1, 0.15) is 0 Å². The molecule has 4 N–H and O–H groups in total. The lowest BCUT2D eigenvalue weighted by Crippen LogP contribution is -2.31. The Morgan fingerprint density at radius 2 is 1.68 bits per heavy atom. The van der Waals surface area contributed by atoms with Crippen LogP contribution >= 0.6 is 11.8 Å². The predicted octanol–water partition coefficient (Wildman–Crippen LogP) is 3.93. The Morgan fingerprint density at radius 3 is 2.33 bits per heavy atom. The molecule has 2 amide bonds. The fourth-order valence-corrected chi connectivity index (χ4v) is 5.34. The highest BCUT2D eigenvalue weighted by Crippen LogP contribution is 2.39. The van der Waals surface area contributed by atoms with Gasteiger partial charge in [0.05, 0.1) is 18.8 Å². The molecule has 11 heteroatoms. The van der Waals surface area contributed by atoms with E-state index < -0.39 is 12.2 Å². The van der Waals surface area contributed by atoms with E-state index in [2.05, 4.69) is 10.3 Å². The molecule has 1 aliphatic heterocycles. The van der Waals surface area contributed by atoms with E-state index in [-0.39, 0.29) is 31.1 Å². The van der Waals surface area contributed by atoms with Crippen LogP contribution in [0.2, 0.25) is 0 Å². The number of carbonyl (C=O) groups is 2. The van der Waals surface area contributed by atoms with Crippen molar-refractivity contribution in [2.45, 2.75) is 68.9 Å². The van der Waals surface area contributed by atoms with Gasteiger partial charge >= 0.3 is 0 Å². The highest BCUT2D eigenvalue weighted by molar-refractivity contribution is 7.99. The molecule has 0 saturated carbocycles. The van der Waals surface area contributed by atoms with E-state index in [1.54, 1.807) is 23.4 Å². The summed E-state index contributed by atoms with van der Waals surface area (Å²) in [5.74, 6) is 0.191. The third-order valence-electron chi connectivity index (χ3n) is 6.71. The third kappa shape index (κ3) is 8.64. The number of hydrogen-bond acceptors (Lipinski definition) is 8. The number of aliphatic hydroxyl groups is 1. The topological polar surface area (TPSA) is 135 Å². The number of nitrogens with zero attached hydrogens (tertiary/aromatic N) is 2. The molecule has 3 aromatic rings. The van der Waals surface area contributed by atoms with Gasteiger partial charge in [-0.15, -0.1) is 0 Å². The van der Waals surface area contributed by atoms with E-state index in [9.17, 15) is 14.7 Å². The van der Waals surface area contributed by atoms with E-state index in [1.807, 2.05) is 66.3 Å². The third-order valence-corrected chi connectivity index (χ3v) is 7.90. The number of imidazole rings is 1. The number of aliphatic hydroxyl groups excluding tert-OH is 1. The molecular formula is C29H36N4O6S. The van der Waals surface area contributed by atoms with Gasteiger partial charge in [-0.25, -0.2) is 10.5 Å². The average Bonchev–Trinajstić information content (AvgIpc) is 3.41. The van der Waals surface area contributed by atoms with Crippen LogP contribution in [0, 0.1) is 0 Å². The number of ether oxygens (including phenoxy) is 2. The van der Waals surface area contributed by atoms with Crippen LogP contribution in [-0.2, 0) is 39.3 Å². The molecule has 3 atom stereocenters. The zero-order valence-electron chi connectivity index (χ0n) is 22.5. The molecule has 0 aliphatic carbocycles. The maximum Gasteiger partial charge on any atom is 0.243 e. The maximum absolute atomic E-state index is 12.1. The van der Waals surface area contributed by atoms with Crippen molar-refractivity contribution >= 4 is 23.6 Å². The summed E-state index contributed by atoms with van der Waals surface area (Å²) in [5.41, 5.74) is 5.32. The quantitative estimate of drug-likeness (QED) is 0.105. The second-order valence-electron chi connectivity index (χ2n) is 9.74. The lowest BCUT2D eigenvalue weighted by atomic mass is 10.0. The standard InChI is InChI=1S/C29H36N4O6S/c1-33-15-14-30-29(33)40-19-24-16-25(22-10-8-21(18-34)9-11-22)39-28(38-24)23-12-6-20(7-13-23)17-31-26(35)4-2-3-5-27(36)32-37/h6-15,24-25,28,34,37H,2-5,16-19H2,1H3,(H,31,35)(H,32,36)/t24-,25+,28+/m1/s1. The van der Waals surface area contributed by atoms with Gasteiger partial charge in [0.15, 0.2) is 11.4 Å². The molecule has 4 rings (SSSR count). The number of rotatable bonds is 13. The molecule has 0 radical (unpaired) electrons. The fourth-order valence-electron chi connectivity index (χ4n) is 4.39. The summed E-state index contributed by atoms with van der Waals surface area (Å²) >= 11 is 1.65. The Morgan fingerprint density at radius 1 is 1.00 bits per heavy atom. The molecule has 2 heterocycles. The van der Waals surface area contributed by atoms with Gasteiger partial charge < -0.3 is 24.5 Å². The monoisotopic (exact) mass is 568 g/mol. The molecule has 40 heavy (non-hydrogen) atoms. The van der Waals surface area contributed by atoms with E-state index in [1.165, 1.54) is 0 Å². The van der Waals surface area contributed by atoms with Crippen LogP contribution in [0.25, 0.3) is 0 Å². The van der Waals surface area contributed by atoms with E-state index in [0.717, 1.165) is 33.2 Å². The smallest absolute Gasteiger partial charge is 0.243 e. The van der Waals surface area contributed by atoms with E-state index in [0.29, 0.717) is 32.2 Å². The van der Waals surface area contributed by atoms with E-state index in [4.69, 9.17) is 14.7 Å². The maximum atomic E-state index is 12.1. The second kappa shape index (κ2) is 15.0. The van der Waals surface area contributed by atoms with Crippen molar-refractivity contribution in [2.75, 3.05) is 5.75 Å². The minimum Gasteiger partial charge on any atom is -0.392 e. The summed E-state index contributed by atoms with van der Waals surface area (Å²) in [6, 6.07) is 15.6. The Kier molecular flexibility index (Phi) is 11.1. The number of nitrogens with one attached hydrogen (secondary N) is 2. The van der Waals surface area contributed by atoms with Gasteiger partial charge in [-0.05, 0) is 29.5 Å². The zero-order valence-corrected chi connectivity index (χ0v) is 23.3. The first-order valence-electron chi connectivity index (χ1n) is 13.3. The van der Waals surface area contributed by atoms with E-state index >= 15 is 0 Å². The van der Waals surface area contributed by atoms with Crippen molar-refractivity contribution in [3.8, 4) is 0 Å². The molecule has 2 aromatic carbocycles. The number of thioether (sulfide) groups is 1. The SMILES string of the molecule is Cn1ccnc1SC[C@H]1C[C@@H](c2ccc(CO)cc2)O[C@@H](c2ccc(CNC(=O)CCCCC(=O)NO)cc2)O1. The number of carbonyl (C=O) groups excluding carboxylic acids is 2. The number of hydrogen-bond donors (Lipinski definition) is 4. The summed E-state index contributed by atoms with van der Waals surface area (Å²) in [7, 11) is 1.97. The van der Waals surface area contributed by atoms with Gasteiger partial charge in [-0.1, -0.05) is 60.3 Å². The lowest BCUT2D eigenvalue weighted by Gasteiger charge is -2.36. The molecule has 1 aliphatic rings. The van der Waals surface area contributed by atoms with Crippen LogP contribution in [0.5, 0.6) is 0 Å². The minimum atomic E-state index is -0.553. The van der Waals surface area contributed by atoms with Gasteiger partial charge in [0.25, 0.3) is 0 Å². The molecule has 1 aromatic heterocycles. The number of hydroxylamine groups is 1. The van der Waals surface area contributed by atoms with Crippen molar-refractivity contribution < 1.29 is 29.4 Å². The molecule has 0 bridgehead atoms. The van der Waals surface area contributed by atoms with Crippen LogP contribution in [0.15, 0.2) is 66.1 Å². The van der Waals surface area contributed by atoms with Crippen LogP contribution < -0.4 is 10.8 Å². The number of aromatic nitrogens is 2. The zero-order chi connectivity index (χ0) is 28.3. The number of unbranched alkanes of at least 4 members (excludes halogenated alkanes) is 1. The summed E-state index contributed by atoms with van der Waals surface area (Å²) in [6.07, 6.45) is 5.22. The summed E-state index contributed by atoms with van der Waals surface area (Å²) in [5, 5.41) is 21.8. The molecular weight excluding hydrogens is 532 g/mol. The number of amides is 2. The first-order valence-corrected chi connectivity index (χ1v) is 14.3. The van der Waals surface area contributed by atoms with Crippen LogP contribution in [0.3, 0.4) is 0 Å². The van der Waals surface area contributed by atoms with Gasteiger partial charge in [0.2, 0.25) is 11.8 Å². The van der Waals surface area contributed by atoms with Crippen molar-refractivity contribution in [1.82, 2.24) is 20.3 Å². The first-order chi connectivity index (χ1) is 19.4. The van der Waals surface area contributed by atoms with Gasteiger partial charge in [-0.2, -0.15) is 0 Å². The van der Waals surface area contributed by atoms with Crippen LogP contribution in [-0.4, -0.2) is 43.5 Å². The highest BCUT2D eigenvalue weighted by atomic mass is 32.2. The van der Waals surface area contributed by atoms with Crippen LogP contribution in [0.1, 0.15) is 66.8 Å². The Bertz CT molecular complexity index is 1230. The summed E-state index contributed by atoms with van der Waals surface area (Å²) < 4.78 is 14.8. The normalized spacial score (nSPS) is 18.8. The van der Waals surface area contributed by atoms with Gasteiger partial charge in [-0.3, -0.25) is 14.8 Å². The van der Waals surface area contributed by atoms with Crippen molar-refractivity contribution in [2.24, 2.45) is 7.05 Å². The second-order valence-corrected chi connectivity index (χ2v) is 10.7. The molecule has 1 fully saturated rings. The molecule has 0 unspecified atom stereocenters. The lowest BCUT2D eigenvalue weighted by molar-refractivity contribution is -0.245. The largest absolute Gasteiger partial charge is 0.392 e. The van der Waals surface area contributed by atoms with Crippen LogP contribution in [0.4, 0.5) is 0 Å². The predicted molar refractivity (Wildman–Crippen MR) is 149 cm³/mol. The molecule has 0 spiro atoms. The average molecular weight is 569 g/mol. The Balaban J connectivity index is 1.35. The highest BCUT2D eigenvalue weighted by Gasteiger charge is 2.32. The van der Waals surface area contributed by atoms with Crippen molar-refractivity contribution in [1.29, 1.82) is 0 Å². The van der Waals surface area contributed by atoms with Gasteiger partial charge in [0, 0.05) is 56.6 Å². The molecule has 10 nitrogen and oxygen atoms in total. The molecule has 214 valence electrons. The summed E-state index contributed by atoms with van der Waals surface area (Å²) in [6.45, 7) is 0.391. The first kappa shape index (κ1) is 29.8. The summed E-state index contributed by atoms with van der Waals surface area (Å²) in [4.78, 5) is 27.6. The minimum absolute atomic E-state index is 0.00335. The van der Waals surface area contributed by atoms with Crippen molar-refractivity contribution in [3.05, 3.63) is 83.2 Å². The number of benzene rings is 2. The number of aryl methyl sites for hydroxylation is 1. The molecule has 1 saturated heterocycles. The van der Waals surface area contributed by atoms with Crippen molar-refractivity contribution in [3.63, 3.8) is 0 Å². The Hall–Kier alpha value is -3.22.